The lowest BCUT2D eigenvalue weighted by Crippen LogP contribution is -2.56. The number of ketones is 2. The molecule has 1 aliphatic heterocycles. The zero-order valence-electron chi connectivity index (χ0n) is 13.5. The fraction of sp³-hybridized carbons (Fsp3) is 0.263. The van der Waals surface area contributed by atoms with Crippen LogP contribution in [0.3, 0.4) is 0 Å². The number of hydrogen-bond donors (Lipinski definition) is 3. The predicted molar refractivity (Wildman–Crippen MR) is 87.9 cm³/mol. The summed E-state index contributed by atoms with van der Waals surface area (Å²) in [6.45, 7) is 0. The molecule has 0 aromatic heterocycles. The van der Waals surface area contributed by atoms with E-state index in [0.717, 1.165) is 0 Å². The fourth-order valence-electron chi connectivity index (χ4n) is 2.97. The second-order valence-electron chi connectivity index (χ2n) is 6.04. The summed E-state index contributed by atoms with van der Waals surface area (Å²) in [5.74, 6) is -2.23. The van der Waals surface area contributed by atoms with Gasteiger partial charge in [0.1, 0.15) is 6.10 Å². The minimum absolute atomic E-state index is 0.0534. The average molecular weight is 360 g/mol. The first-order valence-electron chi connectivity index (χ1n) is 7.94. The molecule has 3 N–H and O–H groups in total. The van der Waals surface area contributed by atoms with Gasteiger partial charge in [0.2, 0.25) is 5.78 Å². The summed E-state index contributed by atoms with van der Waals surface area (Å²) in [5.41, 5.74) is -2.82. The molecule has 1 saturated heterocycles. The molecule has 0 bridgehead atoms. The van der Waals surface area contributed by atoms with Crippen molar-refractivity contribution in [2.75, 3.05) is 0 Å². The Morgan fingerprint density at radius 1 is 1.04 bits per heavy atom. The Kier molecular flexibility index (Phi) is 4.97. The number of hydrogen-bond acceptors (Lipinski definition) is 6. The molecule has 136 valence electrons. The number of carbonyl (C=O) groups excluding carboxylic acids is 2. The van der Waals surface area contributed by atoms with Crippen molar-refractivity contribution in [1.82, 2.24) is 0 Å². The van der Waals surface area contributed by atoms with Crippen LogP contribution in [0.25, 0.3) is 0 Å². The van der Waals surface area contributed by atoms with Gasteiger partial charge in [-0.2, -0.15) is 0 Å². The topological polar surface area (TPSA) is 104 Å². The lowest BCUT2D eigenvalue weighted by molar-refractivity contribution is -0.156. The maximum Gasteiger partial charge on any atom is 0.200 e. The number of Topliss-reactive ketones (excluding diaryl/α,β-unsaturated/α-hetero) is 2. The second kappa shape index (κ2) is 7.05. The number of rotatable bonds is 5. The third-order valence-corrected chi connectivity index (χ3v) is 4.39. The lowest BCUT2D eigenvalue weighted by Gasteiger charge is -2.28. The highest BCUT2D eigenvalue weighted by Crippen LogP contribution is 2.38. The lowest BCUT2D eigenvalue weighted by atomic mass is 9.81. The van der Waals surface area contributed by atoms with E-state index in [0.29, 0.717) is 0 Å². The normalized spacial score (nSPS) is 29.3. The van der Waals surface area contributed by atoms with Crippen molar-refractivity contribution in [2.24, 2.45) is 0 Å². The van der Waals surface area contributed by atoms with E-state index >= 15 is 0 Å². The van der Waals surface area contributed by atoms with Crippen LogP contribution < -0.4 is 0 Å². The minimum atomic E-state index is -2.95. The number of alkyl halides is 1. The second-order valence-corrected chi connectivity index (χ2v) is 6.04. The highest BCUT2D eigenvalue weighted by molar-refractivity contribution is 6.07. The van der Waals surface area contributed by atoms with Gasteiger partial charge in [-0.15, -0.1) is 0 Å². The first-order valence-corrected chi connectivity index (χ1v) is 7.94. The molecular weight excluding hydrogens is 343 g/mol. The van der Waals surface area contributed by atoms with Crippen LogP contribution in [0.1, 0.15) is 22.0 Å². The molecule has 3 rings (SSSR count). The Labute approximate surface area is 148 Å². The van der Waals surface area contributed by atoms with Gasteiger partial charge >= 0.3 is 0 Å². The van der Waals surface area contributed by atoms with Gasteiger partial charge in [-0.3, -0.25) is 9.59 Å². The van der Waals surface area contributed by atoms with Gasteiger partial charge < -0.3 is 20.1 Å². The maximum atomic E-state index is 14.5. The van der Waals surface area contributed by atoms with Crippen molar-refractivity contribution in [2.45, 2.75) is 30.3 Å². The van der Waals surface area contributed by atoms with Gasteiger partial charge in [0.25, 0.3) is 0 Å². The van der Waals surface area contributed by atoms with Crippen molar-refractivity contribution in [1.29, 1.82) is 0 Å². The van der Waals surface area contributed by atoms with E-state index < -0.39 is 41.8 Å². The quantitative estimate of drug-likeness (QED) is 0.686. The van der Waals surface area contributed by atoms with Crippen LogP contribution >= 0.6 is 0 Å². The van der Waals surface area contributed by atoms with E-state index in [1.807, 2.05) is 0 Å². The van der Waals surface area contributed by atoms with Crippen LogP contribution in [0.5, 0.6) is 0 Å². The molecule has 0 spiro atoms. The van der Waals surface area contributed by atoms with Crippen LogP contribution in [-0.2, 0) is 9.53 Å². The van der Waals surface area contributed by atoms with Crippen molar-refractivity contribution in [3.63, 3.8) is 0 Å². The molecule has 0 radical (unpaired) electrons. The molecule has 26 heavy (non-hydrogen) atoms. The van der Waals surface area contributed by atoms with E-state index in [-0.39, 0.29) is 11.1 Å². The Bertz CT molecular complexity index is 796. The summed E-state index contributed by atoms with van der Waals surface area (Å²) >= 11 is 0. The van der Waals surface area contributed by atoms with Crippen molar-refractivity contribution in [3.8, 4) is 0 Å². The van der Waals surface area contributed by atoms with E-state index in [1.54, 1.807) is 24.3 Å². The summed E-state index contributed by atoms with van der Waals surface area (Å²) < 4.78 is 19.3. The number of aliphatic hydroxyl groups excluding tert-OH is 2. The number of carbonyl (C=O) groups is 2. The van der Waals surface area contributed by atoms with Crippen molar-refractivity contribution >= 4 is 11.6 Å². The molecule has 1 fully saturated rings. The smallest absolute Gasteiger partial charge is 0.200 e. The van der Waals surface area contributed by atoms with Crippen molar-refractivity contribution in [3.05, 3.63) is 71.8 Å². The van der Waals surface area contributed by atoms with Gasteiger partial charge in [-0.1, -0.05) is 60.7 Å². The van der Waals surface area contributed by atoms with Gasteiger partial charge in [0, 0.05) is 5.56 Å². The van der Waals surface area contributed by atoms with Gasteiger partial charge in [-0.05, 0) is 5.56 Å². The summed E-state index contributed by atoms with van der Waals surface area (Å²) in [7, 11) is 0. The molecule has 2 aromatic rings. The molecule has 2 aromatic carbocycles. The highest BCUT2D eigenvalue weighted by Gasteiger charge is 2.64. The molecule has 5 atom stereocenters. The van der Waals surface area contributed by atoms with Gasteiger partial charge in [0.15, 0.2) is 29.9 Å². The van der Waals surface area contributed by atoms with E-state index in [9.17, 15) is 29.3 Å². The predicted octanol–water partition coefficient (Wildman–Crippen LogP) is 0.958. The van der Waals surface area contributed by atoms with Gasteiger partial charge in [0.05, 0.1) is 0 Å². The first-order chi connectivity index (χ1) is 12.4. The molecule has 1 heterocycles. The highest BCUT2D eigenvalue weighted by atomic mass is 19.1. The van der Waals surface area contributed by atoms with E-state index in [4.69, 9.17) is 4.74 Å². The number of benzene rings is 2. The van der Waals surface area contributed by atoms with Crippen LogP contribution in [0.2, 0.25) is 0 Å². The molecule has 0 aliphatic carbocycles. The number of ether oxygens (including phenoxy) is 1. The van der Waals surface area contributed by atoms with E-state index in [2.05, 4.69) is 0 Å². The molecular formula is C19H17FO6. The summed E-state index contributed by atoms with van der Waals surface area (Å²) in [5, 5.41) is 30.6. The minimum Gasteiger partial charge on any atom is -0.380 e. The van der Waals surface area contributed by atoms with Crippen LogP contribution in [0.15, 0.2) is 60.7 Å². The van der Waals surface area contributed by atoms with Crippen molar-refractivity contribution < 1.29 is 34.0 Å². The SMILES string of the molecule is O=C(C(O)c1ccccc1)[C@H]1O[C@H](O)[C@H](F)[C@@]1(O)C(=O)c1ccccc1. The molecule has 0 amide bonds. The monoisotopic (exact) mass is 360 g/mol. The van der Waals surface area contributed by atoms with Crippen LogP contribution in [0.4, 0.5) is 4.39 Å². The standard InChI is InChI=1S/C19H17FO6/c20-15-18(24)26-17(14(22)13(21)11-7-3-1-4-8-11)19(15,25)16(23)12-9-5-2-6-10-12/h1-10,13,15,17-18,21,24-25H/t13?,15-,17+,18-,19+/m0/s1. The molecule has 1 aliphatic rings. The molecule has 7 heteroatoms. The Hall–Kier alpha value is -2.45. The average Bonchev–Trinajstić information content (AvgIpc) is 2.92. The Morgan fingerprint density at radius 2 is 1.58 bits per heavy atom. The molecule has 1 unspecified atom stereocenters. The summed E-state index contributed by atoms with van der Waals surface area (Å²) in [6.07, 6.45) is -8.54. The third kappa shape index (κ3) is 2.95. The third-order valence-electron chi connectivity index (χ3n) is 4.39. The van der Waals surface area contributed by atoms with E-state index in [1.165, 1.54) is 36.4 Å². The molecule has 6 nitrogen and oxygen atoms in total. The Balaban J connectivity index is 1.97. The number of aliphatic hydroxyl groups is 3. The summed E-state index contributed by atoms with van der Waals surface area (Å²) in [6, 6.07) is 15.1. The number of halogens is 1. The maximum absolute atomic E-state index is 14.5. The zero-order chi connectivity index (χ0) is 18.9. The van der Waals surface area contributed by atoms with Gasteiger partial charge in [-0.25, -0.2) is 4.39 Å². The largest absolute Gasteiger partial charge is 0.380 e. The van der Waals surface area contributed by atoms with Crippen LogP contribution in [-0.4, -0.2) is 51.1 Å². The zero-order valence-corrected chi connectivity index (χ0v) is 13.5. The fourth-order valence-corrected chi connectivity index (χ4v) is 2.97. The first kappa shape index (κ1) is 18.3. The molecule has 0 saturated carbocycles. The summed E-state index contributed by atoms with van der Waals surface area (Å²) in [4.78, 5) is 25.3. The van der Waals surface area contributed by atoms with Crippen LogP contribution in [0, 0.1) is 0 Å². The Morgan fingerprint density at radius 3 is 2.15 bits per heavy atom.